The molecule has 38 heavy (non-hydrogen) atoms. The highest BCUT2D eigenvalue weighted by Crippen LogP contribution is 2.32. The predicted octanol–water partition coefficient (Wildman–Crippen LogP) is 3.68. The molecule has 9 heteroatoms. The Morgan fingerprint density at radius 1 is 0.500 bits per heavy atom. The Kier molecular flexibility index (Phi) is 4.96. The molecular formula is C29H18N4O5. The van der Waals surface area contributed by atoms with Crippen LogP contribution in [0.4, 0.5) is 22.7 Å². The molecule has 0 atom stereocenters. The lowest BCUT2D eigenvalue weighted by Crippen LogP contribution is -2.29. The van der Waals surface area contributed by atoms with Crippen molar-refractivity contribution in [1.29, 1.82) is 0 Å². The maximum absolute atomic E-state index is 13.4. The summed E-state index contributed by atoms with van der Waals surface area (Å²) in [5.41, 5.74) is 13.9. The molecule has 4 aromatic carbocycles. The van der Waals surface area contributed by atoms with Crippen molar-refractivity contribution in [2.24, 2.45) is 0 Å². The zero-order valence-corrected chi connectivity index (χ0v) is 19.7. The molecule has 0 radical (unpaired) electrons. The van der Waals surface area contributed by atoms with E-state index in [1.165, 1.54) is 48.5 Å². The first-order valence-electron chi connectivity index (χ1n) is 11.6. The Labute approximate surface area is 215 Å². The van der Waals surface area contributed by atoms with Crippen LogP contribution >= 0.6 is 0 Å². The monoisotopic (exact) mass is 502 g/mol. The number of amides is 4. The van der Waals surface area contributed by atoms with Crippen molar-refractivity contribution in [2.75, 3.05) is 21.3 Å². The standard InChI is InChI=1S/C29H18N4O5/c30-17-3-1-5-19(13-17)32-26(35)21-9-7-15(11-23(21)28(32)37)25(34)16-8-10-22-24(12-16)29(38)33(27(22)36)20-6-2-4-18(31)14-20/h1-14H,30-31H2. The van der Waals surface area contributed by atoms with Gasteiger partial charge in [-0.15, -0.1) is 0 Å². The van der Waals surface area contributed by atoms with Crippen molar-refractivity contribution in [3.05, 3.63) is 118 Å². The number of rotatable bonds is 4. The van der Waals surface area contributed by atoms with E-state index in [2.05, 4.69) is 0 Å². The molecule has 0 fully saturated rings. The SMILES string of the molecule is Nc1cccc(N2C(=O)c3ccc(C(=O)c4ccc5c(c4)C(=O)N(c4cccc(N)c4)C5=O)cc3C2=O)c1. The number of nitrogen functional groups attached to an aromatic ring is 2. The van der Waals surface area contributed by atoms with E-state index in [9.17, 15) is 24.0 Å². The lowest BCUT2D eigenvalue weighted by molar-refractivity contribution is 0.0910. The van der Waals surface area contributed by atoms with Gasteiger partial charge in [-0.1, -0.05) is 24.3 Å². The second-order valence-corrected chi connectivity index (χ2v) is 8.93. The summed E-state index contributed by atoms with van der Waals surface area (Å²) in [6.07, 6.45) is 0. The van der Waals surface area contributed by atoms with E-state index >= 15 is 0 Å². The van der Waals surface area contributed by atoms with E-state index in [-0.39, 0.29) is 33.4 Å². The van der Waals surface area contributed by atoms with Crippen LogP contribution in [0.15, 0.2) is 84.9 Å². The normalized spacial score (nSPS) is 14.2. The van der Waals surface area contributed by atoms with Gasteiger partial charge in [0.25, 0.3) is 23.6 Å². The summed E-state index contributed by atoms with van der Waals surface area (Å²) >= 11 is 0. The number of nitrogens with zero attached hydrogens (tertiary/aromatic N) is 2. The van der Waals surface area contributed by atoms with E-state index in [0.29, 0.717) is 22.7 Å². The summed E-state index contributed by atoms with van der Waals surface area (Å²) in [5.74, 6) is -2.65. The number of imide groups is 2. The van der Waals surface area contributed by atoms with Crippen LogP contribution in [0.5, 0.6) is 0 Å². The van der Waals surface area contributed by atoms with Crippen molar-refractivity contribution in [3.8, 4) is 0 Å². The second-order valence-electron chi connectivity index (χ2n) is 8.93. The van der Waals surface area contributed by atoms with Crippen LogP contribution in [-0.4, -0.2) is 29.4 Å². The molecule has 0 aliphatic carbocycles. The van der Waals surface area contributed by atoms with Crippen molar-refractivity contribution in [2.45, 2.75) is 0 Å². The van der Waals surface area contributed by atoms with Crippen LogP contribution in [0.1, 0.15) is 57.4 Å². The summed E-state index contributed by atoms with van der Waals surface area (Å²) in [6.45, 7) is 0. The molecule has 4 amide bonds. The van der Waals surface area contributed by atoms with Gasteiger partial charge >= 0.3 is 0 Å². The van der Waals surface area contributed by atoms with Gasteiger partial charge in [0.05, 0.1) is 33.6 Å². The lowest BCUT2D eigenvalue weighted by atomic mass is 9.96. The highest BCUT2D eigenvalue weighted by Gasteiger charge is 2.39. The number of benzene rings is 4. The molecule has 2 aliphatic rings. The molecule has 9 nitrogen and oxygen atoms in total. The Hall–Kier alpha value is -5.57. The minimum absolute atomic E-state index is 0.0866. The van der Waals surface area contributed by atoms with Crippen LogP contribution in [-0.2, 0) is 0 Å². The molecule has 0 unspecified atom stereocenters. The highest BCUT2D eigenvalue weighted by atomic mass is 16.2. The Balaban J connectivity index is 1.32. The third kappa shape index (κ3) is 3.37. The van der Waals surface area contributed by atoms with Crippen molar-refractivity contribution >= 4 is 52.2 Å². The first-order chi connectivity index (χ1) is 18.2. The summed E-state index contributed by atoms with van der Waals surface area (Å²) in [5, 5.41) is 0. The number of hydrogen-bond acceptors (Lipinski definition) is 7. The quantitative estimate of drug-likeness (QED) is 0.246. The summed E-state index contributed by atoms with van der Waals surface area (Å²) < 4.78 is 0. The molecule has 2 aliphatic heterocycles. The first-order valence-corrected chi connectivity index (χ1v) is 11.6. The minimum atomic E-state index is -0.572. The topological polar surface area (TPSA) is 144 Å². The fraction of sp³-hybridized carbons (Fsp3) is 0. The van der Waals surface area contributed by atoms with Gasteiger partial charge in [-0.2, -0.15) is 0 Å². The summed E-state index contributed by atoms with van der Waals surface area (Å²) in [6, 6.07) is 21.3. The lowest BCUT2D eigenvalue weighted by Gasteiger charge is -2.14. The summed E-state index contributed by atoms with van der Waals surface area (Å²) in [7, 11) is 0. The van der Waals surface area contributed by atoms with Gasteiger partial charge in [0.15, 0.2) is 5.78 Å². The van der Waals surface area contributed by atoms with E-state index in [1.807, 2.05) is 0 Å². The van der Waals surface area contributed by atoms with Crippen LogP contribution in [0.3, 0.4) is 0 Å². The smallest absolute Gasteiger partial charge is 0.266 e. The van der Waals surface area contributed by atoms with Gasteiger partial charge in [0.1, 0.15) is 0 Å². The largest absolute Gasteiger partial charge is 0.399 e. The van der Waals surface area contributed by atoms with Gasteiger partial charge < -0.3 is 11.5 Å². The van der Waals surface area contributed by atoms with Crippen molar-refractivity contribution < 1.29 is 24.0 Å². The second kappa shape index (κ2) is 8.24. The third-order valence-corrected chi connectivity index (χ3v) is 6.55. The van der Waals surface area contributed by atoms with E-state index in [0.717, 1.165) is 9.80 Å². The molecule has 2 heterocycles. The molecule has 0 bridgehead atoms. The number of nitrogens with two attached hydrogens (primary N) is 2. The summed E-state index contributed by atoms with van der Waals surface area (Å²) in [4.78, 5) is 67.5. The Morgan fingerprint density at radius 3 is 1.29 bits per heavy atom. The van der Waals surface area contributed by atoms with E-state index in [1.54, 1.807) is 36.4 Å². The third-order valence-electron chi connectivity index (χ3n) is 6.55. The zero-order valence-electron chi connectivity index (χ0n) is 19.7. The number of carbonyl (C=O) groups excluding carboxylic acids is 5. The Bertz CT molecular complexity index is 1630. The number of hydrogen-bond donors (Lipinski definition) is 2. The molecule has 4 aromatic rings. The van der Waals surface area contributed by atoms with Crippen molar-refractivity contribution in [1.82, 2.24) is 0 Å². The average Bonchev–Trinajstić information content (AvgIpc) is 3.31. The van der Waals surface area contributed by atoms with E-state index < -0.39 is 29.4 Å². The molecule has 184 valence electrons. The van der Waals surface area contributed by atoms with Gasteiger partial charge in [0, 0.05) is 22.5 Å². The molecule has 6 rings (SSSR count). The Morgan fingerprint density at radius 2 is 0.895 bits per heavy atom. The zero-order chi connectivity index (χ0) is 26.7. The number of ketones is 1. The number of carbonyl (C=O) groups is 5. The highest BCUT2D eigenvalue weighted by molar-refractivity contribution is 6.36. The first kappa shape index (κ1) is 22.9. The average molecular weight is 502 g/mol. The molecule has 4 N–H and O–H groups in total. The van der Waals surface area contributed by atoms with Gasteiger partial charge in [-0.05, 0) is 60.7 Å². The molecule has 0 spiro atoms. The molecule has 0 saturated heterocycles. The van der Waals surface area contributed by atoms with Crippen LogP contribution in [0.2, 0.25) is 0 Å². The van der Waals surface area contributed by atoms with Gasteiger partial charge in [0.2, 0.25) is 0 Å². The van der Waals surface area contributed by atoms with Crippen LogP contribution in [0, 0.1) is 0 Å². The molecule has 0 saturated carbocycles. The molecule has 0 aromatic heterocycles. The fourth-order valence-electron chi connectivity index (χ4n) is 4.73. The predicted molar refractivity (Wildman–Crippen MR) is 140 cm³/mol. The maximum Gasteiger partial charge on any atom is 0.266 e. The van der Waals surface area contributed by atoms with Gasteiger partial charge in [-0.3, -0.25) is 24.0 Å². The van der Waals surface area contributed by atoms with Crippen LogP contribution < -0.4 is 21.3 Å². The molecular weight excluding hydrogens is 484 g/mol. The van der Waals surface area contributed by atoms with Crippen molar-refractivity contribution in [3.63, 3.8) is 0 Å². The number of anilines is 4. The van der Waals surface area contributed by atoms with Crippen LogP contribution in [0.25, 0.3) is 0 Å². The number of fused-ring (bicyclic) bond motifs is 2. The van der Waals surface area contributed by atoms with E-state index in [4.69, 9.17) is 11.5 Å². The maximum atomic E-state index is 13.4. The minimum Gasteiger partial charge on any atom is -0.399 e. The van der Waals surface area contributed by atoms with Gasteiger partial charge in [-0.25, -0.2) is 9.80 Å². The fourth-order valence-corrected chi connectivity index (χ4v) is 4.73.